The Morgan fingerprint density at radius 3 is 1.45 bits per heavy atom. The van der Waals surface area contributed by atoms with Crippen LogP contribution in [0.25, 0.3) is 22.3 Å². The van der Waals surface area contributed by atoms with Gasteiger partial charge in [0.1, 0.15) is 0 Å². The van der Waals surface area contributed by atoms with Crippen LogP contribution in [0, 0.1) is 20.8 Å². The molecule has 0 bridgehead atoms. The highest BCUT2D eigenvalue weighted by Gasteiger charge is 2.08. The van der Waals surface area contributed by atoms with Gasteiger partial charge in [-0.25, -0.2) is 0 Å². The quantitative estimate of drug-likeness (QED) is 0.533. The maximum Gasteiger partial charge on any atom is 0.00404 e. The molecule has 0 atom stereocenters. The molecular formula is C21H20S. The van der Waals surface area contributed by atoms with Gasteiger partial charge in [-0.1, -0.05) is 54.1 Å². The summed E-state index contributed by atoms with van der Waals surface area (Å²) >= 11 is 4.36. The smallest absolute Gasteiger partial charge is 0.00404 e. The van der Waals surface area contributed by atoms with Gasteiger partial charge in [-0.05, 0) is 66.3 Å². The molecular weight excluding hydrogens is 284 g/mol. The second-order valence-electron chi connectivity index (χ2n) is 5.89. The maximum atomic E-state index is 4.36. The summed E-state index contributed by atoms with van der Waals surface area (Å²) in [7, 11) is 0. The Morgan fingerprint density at radius 2 is 1.00 bits per heavy atom. The first kappa shape index (κ1) is 14.9. The minimum atomic E-state index is 0.995. The summed E-state index contributed by atoms with van der Waals surface area (Å²) in [6.07, 6.45) is 0. The number of hydrogen-bond donors (Lipinski definition) is 1. The second-order valence-corrected chi connectivity index (χ2v) is 6.41. The van der Waals surface area contributed by atoms with Crippen LogP contribution in [0.15, 0.2) is 65.6 Å². The summed E-state index contributed by atoms with van der Waals surface area (Å²) < 4.78 is 0. The molecule has 0 aromatic heterocycles. The van der Waals surface area contributed by atoms with Crippen molar-refractivity contribution in [2.45, 2.75) is 25.7 Å². The van der Waals surface area contributed by atoms with Crippen molar-refractivity contribution in [3.63, 3.8) is 0 Å². The third-order valence-electron chi connectivity index (χ3n) is 4.11. The molecule has 22 heavy (non-hydrogen) atoms. The number of aryl methyl sites for hydroxylation is 3. The van der Waals surface area contributed by atoms with E-state index in [1.165, 1.54) is 38.9 Å². The first-order chi connectivity index (χ1) is 10.5. The van der Waals surface area contributed by atoms with Gasteiger partial charge in [0.25, 0.3) is 0 Å². The molecule has 3 aromatic carbocycles. The molecule has 3 rings (SSSR count). The van der Waals surface area contributed by atoms with Crippen molar-refractivity contribution in [1.82, 2.24) is 0 Å². The lowest BCUT2D eigenvalue weighted by molar-refractivity contribution is 1.37. The lowest BCUT2D eigenvalue weighted by Gasteiger charge is -2.13. The zero-order chi connectivity index (χ0) is 15.7. The summed E-state index contributed by atoms with van der Waals surface area (Å²) in [5, 5.41) is 0. The summed E-state index contributed by atoms with van der Waals surface area (Å²) in [4.78, 5) is 0.995. The van der Waals surface area contributed by atoms with Gasteiger partial charge in [-0.3, -0.25) is 0 Å². The molecule has 0 nitrogen and oxygen atoms in total. The molecule has 0 saturated heterocycles. The molecule has 0 amide bonds. The van der Waals surface area contributed by atoms with Gasteiger partial charge < -0.3 is 0 Å². The molecule has 0 unspecified atom stereocenters. The van der Waals surface area contributed by atoms with Gasteiger partial charge in [0.05, 0.1) is 0 Å². The van der Waals surface area contributed by atoms with E-state index >= 15 is 0 Å². The van der Waals surface area contributed by atoms with Crippen molar-refractivity contribution in [3.8, 4) is 22.3 Å². The molecule has 0 saturated carbocycles. The summed E-state index contributed by atoms with van der Waals surface area (Å²) in [6.45, 7) is 6.49. The molecule has 0 spiro atoms. The molecule has 3 aromatic rings. The third kappa shape index (κ3) is 2.95. The van der Waals surface area contributed by atoms with E-state index in [1.54, 1.807) is 0 Å². The molecule has 0 aliphatic heterocycles. The molecule has 1 heteroatoms. The van der Waals surface area contributed by atoms with Crippen LogP contribution in [0.5, 0.6) is 0 Å². The van der Waals surface area contributed by atoms with Crippen molar-refractivity contribution >= 4 is 12.6 Å². The average Bonchev–Trinajstić information content (AvgIpc) is 2.51. The van der Waals surface area contributed by atoms with E-state index in [0.717, 1.165) is 4.90 Å². The molecule has 0 N–H and O–H groups in total. The van der Waals surface area contributed by atoms with E-state index in [4.69, 9.17) is 0 Å². The van der Waals surface area contributed by atoms with Crippen LogP contribution in [-0.4, -0.2) is 0 Å². The zero-order valence-electron chi connectivity index (χ0n) is 13.2. The lowest BCUT2D eigenvalue weighted by atomic mass is 9.92. The topological polar surface area (TPSA) is 0 Å². The number of rotatable bonds is 2. The summed E-state index contributed by atoms with van der Waals surface area (Å²) in [6, 6.07) is 21.7. The predicted molar refractivity (Wildman–Crippen MR) is 98.8 cm³/mol. The van der Waals surface area contributed by atoms with Crippen LogP contribution in [0.2, 0.25) is 0 Å². The van der Waals surface area contributed by atoms with Crippen LogP contribution < -0.4 is 0 Å². The van der Waals surface area contributed by atoms with E-state index < -0.39 is 0 Å². The Labute approximate surface area is 138 Å². The molecule has 0 fully saturated rings. The van der Waals surface area contributed by atoms with Crippen molar-refractivity contribution in [2.24, 2.45) is 0 Å². The minimum Gasteiger partial charge on any atom is -0.143 e. The highest BCUT2D eigenvalue weighted by molar-refractivity contribution is 7.80. The van der Waals surface area contributed by atoms with Crippen LogP contribution in [0.1, 0.15) is 16.7 Å². The monoisotopic (exact) mass is 304 g/mol. The van der Waals surface area contributed by atoms with Gasteiger partial charge in [-0.15, -0.1) is 12.6 Å². The van der Waals surface area contributed by atoms with Gasteiger partial charge in [-0.2, -0.15) is 0 Å². The van der Waals surface area contributed by atoms with Crippen LogP contribution in [0.4, 0.5) is 0 Å². The van der Waals surface area contributed by atoms with E-state index in [9.17, 15) is 0 Å². The summed E-state index contributed by atoms with van der Waals surface area (Å²) in [5.74, 6) is 0. The zero-order valence-corrected chi connectivity index (χ0v) is 14.1. The van der Waals surface area contributed by atoms with Crippen molar-refractivity contribution < 1.29 is 0 Å². The first-order valence-corrected chi connectivity index (χ1v) is 7.97. The fourth-order valence-electron chi connectivity index (χ4n) is 2.81. The van der Waals surface area contributed by atoms with Gasteiger partial charge in [0, 0.05) is 4.90 Å². The molecule has 0 aliphatic carbocycles. The first-order valence-electron chi connectivity index (χ1n) is 7.52. The molecule has 0 heterocycles. The molecule has 0 aliphatic rings. The van der Waals surface area contributed by atoms with Crippen molar-refractivity contribution in [2.75, 3.05) is 0 Å². The van der Waals surface area contributed by atoms with E-state index in [2.05, 4.69) is 81.9 Å². The fraction of sp³-hybridized carbons (Fsp3) is 0.143. The van der Waals surface area contributed by atoms with E-state index in [1.807, 2.05) is 12.1 Å². The van der Waals surface area contributed by atoms with Gasteiger partial charge >= 0.3 is 0 Å². The third-order valence-corrected chi connectivity index (χ3v) is 4.41. The number of thiol groups is 1. The minimum absolute atomic E-state index is 0.995. The number of hydrogen-bond acceptors (Lipinski definition) is 1. The van der Waals surface area contributed by atoms with Crippen molar-refractivity contribution in [1.29, 1.82) is 0 Å². The number of benzene rings is 3. The Balaban J connectivity index is 2.08. The van der Waals surface area contributed by atoms with E-state index in [-0.39, 0.29) is 0 Å². The lowest BCUT2D eigenvalue weighted by Crippen LogP contribution is -1.90. The largest absolute Gasteiger partial charge is 0.143 e. The SMILES string of the molecule is Cc1ccc(-c2cc(C)c(-c3ccc(S)cc3)cc2C)cc1. The van der Waals surface area contributed by atoms with Gasteiger partial charge in [0.15, 0.2) is 0 Å². The van der Waals surface area contributed by atoms with Crippen LogP contribution in [0.3, 0.4) is 0 Å². The molecule has 110 valence electrons. The predicted octanol–water partition coefficient (Wildman–Crippen LogP) is 6.23. The Hall–Kier alpha value is -1.99. The Kier molecular flexibility index (Phi) is 4.08. The van der Waals surface area contributed by atoms with Gasteiger partial charge in [0.2, 0.25) is 0 Å². The average molecular weight is 304 g/mol. The Morgan fingerprint density at radius 1 is 0.591 bits per heavy atom. The highest BCUT2D eigenvalue weighted by atomic mass is 32.1. The highest BCUT2D eigenvalue weighted by Crippen LogP contribution is 2.32. The Bertz CT molecular complexity index is 725. The van der Waals surface area contributed by atoms with Crippen molar-refractivity contribution in [3.05, 3.63) is 77.4 Å². The maximum absolute atomic E-state index is 4.36. The fourth-order valence-corrected chi connectivity index (χ4v) is 2.96. The van der Waals surface area contributed by atoms with E-state index in [0.29, 0.717) is 0 Å². The standard InChI is InChI=1S/C21H20S/c1-14-4-6-17(7-5-14)20-12-16(3)21(13-15(20)2)18-8-10-19(22)11-9-18/h4-13,22H,1-3H3. The normalized spacial score (nSPS) is 10.7. The summed E-state index contributed by atoms with van der Waals surface area (Å²) in [5.41, 5.74) is 9.03. The van der Waals surface area contributed by atoms with Crippen LogP contribution >= 0.6 is 12.6 Å². The second kappa shape index (κ2) is 6.02. The van der Waals surface area contributed by atoms with Crippen LogP contribution in [-0.2, 0) is 0 Å². The molecule has 0 radical (unpaired) electrons.